The van der Waals surface area contributed by atoms with Crippen molar-refractivity contribution in [2.24, 2.45) is 4.99 Å². The van der Waals surface area contributed by atoms with E-state index >= 15 is 0 Å². The highest BCUT2D eigenvalue weighted by atomic mass is 19.4. The molecule has 8 heteroatoms. The first-order valence-electron chi connectivity index (χ1n) is 8.54. The molecule has 0 radical (unpaired) electrons. The van der Waals surface area contributed by atoms with Gasteiger partial charge in [-0.15, -0.1) is 0 Å². The van der Waals surface area contributed by atoms with E-state index in [4.69, 9.17) is 9.57 Å². The van der Waals surface area contributed by atoms with Crippen LogP contribution in [0, 0.1) is 0 Å². The third kappa shape index (κ3) is 3.73. The molecule has 5 nitrogen and oxygen atoms in total. The van der Waals surface area contributed by atoms with E-state index in [9.17, 15) is 18.0 Å². The summed E-state index contributed by atoms with van der Waals surface area (Å²) in [5, 5.41) is 0.918. The normalized spacial score (nSPS) is 22.1. The van der Waals surface area contributed by atoms with E-state index in [1.54, 1.807) is 37.3 Å². The van der Waals surface area contributed by atoms with Crippen LogP contribution in [0.5, 0.6) is 0 Å². The van der Waals surface area contributed by atoms with Crippen molar-refractivity contribution in [1.29, 1.82) is 0 Å². The van der Waals surface area contributed by atoms with Crippen LogP contribution in [0.1, 0.15) is 24.1 Å². The van der Waals surface area contributed by atoms with Crippen LogP contribution < -0.4 is 0 Å². The smallest absolute Gasteiger partial charge is 0.377 e. The standard InChI is InChI=1S/C20H19F3N2O3/c1-19(15-11-7-4-8-12-15)17(14-9-5-3-6-10-14)25(16(24-19)13-27-2)28-18(26)20(21,22)23/h3-12,17H,13H2,1-2H3. The molecule has 1 heterocycles. The van der Waals surface area contributed by atoms with Crippen LogP contribution in [-0.4, -0.2) is 36.8 Å². The van der Waals surface area contributed by atoms with Crippen LogP contribution in [0.4, 0.5) is 13.2 Å². The van der Waals surface area contributed by atoms with Gasteiger partial charge in [0.05, 0.1) is 0 Å². The zero-order valence-corrected chi connectivity index (χ0v) is 15.3. The molecular formula is C20H19F3N2O3. The molecule has 1 aliphatic rings. The number of aliphatic imine (C=N–C) groups is 1. The van der Waals surface area contributed by atoms with E-state index in [0.717, 1.165) is 10.6 Å². The Morgan fingerprint density at radius 1 is 1.11 bits per heavy atom. The van der Waals surface area contributed by atoms with Crippen molar-refractivity contribution in [1.82, 2.24) is 5.06 Å². The lowest BCUT2D eigenvalue weighted by Crippen LogP contribution is -2.42. The first-order chi connectivity index (χ1) is 13.3. The summed E-state index contributed by atoms with van der Waals surface area (Å²) in [6.45, 7) is 1.67. The lowest BCUT2D eigenvalue weighted by Gasteiger charge is -2.34. The van der Waals surface area contributed by atoms with Crippen molar-refractivity contribution >= 4 is 11.8 Å². The van der Waals surface area contributed by atoms with Gasteiger partial charge in [0, 0.05) is 7.11 Å². The summed E-state index contributed by atoms with van der Waals surface area (Å²) in [5.74, 6) is -2.21. The Hall–Kier alpha value is -2.87. The molecule has 0 spiro atoms. The van der Waals surface area contributed by atoms with E-state index in [0.29, 0.717) is 5.56 Å². The van der Waals surface area contributed by atoms with E-state index in [1.165, 1.54) is 7.11 Å². The minimum Gasteiger partial charge on any atom is -0.377 e. The number of halogens is 3. The summed E-state index contributed by atoms with van der Waals surface area (Å²) in [5.41, 5.74) is 0.421. The molecule has 2 unspecified atom stereocenters. The van der Waals surface area contributed by atoms with Gasteiger partial charge >= 0.3 is 12.1 Å². The molecule has 0 aliphatic carbocycles. The summed E-state index contributed by atoms with van der Waals surface area (Å²) in [7, 11) is 1.39. The number of alkyl halides is 3. The molecule has 28 heavy (non-hydrogen) atoms. The summed E-state index contributed by atoms with van der Waals surface area (Å²) in [4.78, 5) is 21.0. The van der Waals surface area contributed by atoms with Crippen LogP contribution >= 0.6 is 0 Å². The number of methoxy groups -OCH3 is 1. The fourth-order valence-corrected chi connectivity index (χ4v) is 3.32. The van der Waals surface area contributed by atoms with Crippen LogP contribution in [-0.2, 0) is 19.9 Å². The van der Waals surface area contributed by atoms with Gasteiger partial charge in [-0.2, -0.15) is 18.2 Å². The average molecular weight is 392 g/mol. The number of hydrogen-bond donors (Lipinski definition) is 0. The van der Waals surface area contributed by atoms with Crippen LogP contribution in [0.25, 0.3) is 0 Å². The van der Waals surface area contributed by atoms with Crippen molar-refractivity contribution in [2.75, 3.05) is 13.7 Å². The number of carbonyl (C=O) groups excluding carboxylic acids is 1. The average Bonchev–Trinajstić information content (AvgIpc) is 2.95. The molecule has 0 fully saturated rings. The van der Waals surface area contributed by atoms with Gasteiger partial charge in [-0.3, -0.25) is 4.99 Å². The van der Waals surface area contributed by atoms with Gasteiger partial charge in [-0.1, -0.05) is 60.7 Å². The molecule has 148 valence electrons. The van der Waals surface area contributed by atoms with Crippen LogP contribution in [0.2, 0.25) is 0 Å². The molecule has 1 aliphatic heterocycles. The van der Waals surface area contributed by atoms with Gasteiger partial charge < -0.3 is 9.57 Å². The number of nitrogens with zero attached hydrogens (tertiary/aromatic N) is 2. The van der Waals surface area contributed by atoms with Crippen molar-refractivity contribution in [3.8, 4) is 0 Å². The maximum Gasteiger partial charge on any atom is 0.493 e. The highest BCUT2D eigenvalue weighted by Gasteiger charge is 2.52. The zero-order chi connectivity index (χ0) is 20.4. The third-order valence-corrected chi connectivity index (χ3v) is 4.54. The molecule has 0 N–H and O–H groups in total. The molecule has 2 atom stereocenters. The number of hydrogen-bond acceptors (Lipinski definition) is 5. The van der Waals surface area contributed by atoms with E-state index in [2.05, 4.69) is 4.99 Å². The monoisotopic (exact) mass is 392 g/mol. The SMILES string of the molecule is COCC1=NC(C)(c2ccccc2)C(c2ccccc2)N1OC(=O)C(F)(F)F. The number of benzene rings is 2. The number of amidine groups is 1. The Kier molecular flexibility index (Phi) is 5.42. The molecular weight excluding hydrogens is 373 g/mol. The quantitative estimate of drug-likeness (QED) is 0.771. The maximum atomic E-state index is 12.9. The first kappa shape index (κ1) is 19.9. The van der Waals surface area contributed by atoms with Gasteiger partial charge in [0.2, 0.25) is 0 Å². The van der Waals surface area contributed by atoms with Gasteiger partial charge in [-0.05, 0) is 18.1 Å². The Bertz CT molecular complexity index is 856. The van der Waals surface area contributed by atoms with Crippen molar-refractivity contribution in [2.45, 2.75) is 24.7 Å². The lowest BCUT2D eigenvalue weighted by molar-refractivity contribution is -0.232. The molecule has 2 aromatic carbocycles. The largest absolute Gasteiger partial charge is 0.493 e. The first-order valence-corrected chi connectivity index (χ1v) is 8.54. The van der Waals surface area contributed by atoms with Gasteiger partial charge in [0.25, 0.3) is 0 Å². The van der Waals surface area contributed by atoms with Gasteiger partial charge in [-0.25, -0.2) is 4.79 Å². The summed E-state index contributed by atoms with van der Waals surface area (Å²) < 4.78 is 43.8. The summed E-state index contributed by atoms with van der Waals surface area (Å²) in [6.07, 6.45) is -5.13. The summed E-state index contributed by atoms with van der Waals surface area (Å²) in [6, 6.07) is 17.2. The Balaban J connectivity index is 2.12. The van der Waals surface area contributed by atoms with Gasteiger partial charge in [0.1, 0.15) is 18.2 Å². The number of ether oxygens (including phenoxy) is 1. The second kappa shape index (κ2) is 7.63. The van der Waals surface area contributed by atoms with E-state index in [-0.39, 0.29) is 12.4 Å². The molecule has 3 rings (SSSR count). The molecule has 0 saturated carbocycles. The fraction of sp³-hybridized carbons (Fsp3) is 0.300. The third-order valence-electron chi connectivity index (χ3n) is 4.54. The molecule has 0 bridgehead atoms. The second-order valence-electron chi connectivity index (χ2n) is 6.49. The van der Waals surface area contributed by atoms with E-state index in [1.807, 2.05) is 30.3 Å². The number of carbonyl (C=O) groups is 1. The predicted octanol–water partition coefficient (Wildman–Crippen LogP) is 4.02. The van der Waals surface area contributed by atoms with Crippen LogP contribution in [0.3, 0.4) is 0 Å². The number of hydroxylamine groups is 2. The zero-order valence-electron chi connectivity index (χ0n) is 15.3. The molecule has 0 aromatic heterocycles. The maximum absolute atomic E-state index is 12.9. The molecule has 0 saturated heterocycles. The number of rotatable bonds is 5. The Morgan fingerprint density at radius 3 is 2.21 bits per heavy atom. The molecule has 2 aromatic rings. The summed E-state index contributed by atoms with van der Waals surface area (Å²) >= 11 is 0. The van der Waals surface area contributed by atoms with Gasteiger partial charge in [0.15, 0.2) is 5.84 Å². The minimum atomic E-state index is -5.13. The topological polar surface area (TPSA) is 51.1 Å². The highest BCUT2D eigenvalue weighted by molar-refractivity contribution is 5.88. The van der Waals surface area contributed by atoms with Crippen molar-refractivity contribution < 1.29 is 27.5 Å². The fourth-order valence-electron chi connectivity index (χ4n) is 3.32. The van der Waals surface area contributed by atoms with Crippen molar-refractivity contribution in [3.63, 3.8) is 0 Å². The Labute approximate surface area is 160 Å². The minimum absolute atomic E-state index is 0.0975. The van der Waals surface area contributed by atoms with E-state index < -0.39 is 23.7 Å². The van der Waals surface area contributed by atoms with Crippen molar-refractivity contribution in [3.05, 3.63) is 71.8 Å². The predicted molar refractivity (Wildman–Crippen MR) is 96.3 cm³/mol. The molecule has 0 amide bonds. The highest BCUT2D eigenvalue weighted by Crippen LogP contribution is 2.47. The second-order valence-corrected chi connectivity index (χ2v) is 6.49. The lowest BCUT2D eigenvalue weighted by atomic mass is 9.82. The van der Waals surface area contributed by atoms with Crippen LogP contribution in [0.15, 0.2) is 65.7 Å². The Morgan fingerprint density at radius 2 is 1.68 bits per heavy atom.